The zero-order valence-electron chi connectivity index (χ0n) is 17.6. The normalized spacial score (nSPS) is 13.3. The molecule has 0 atom stereocenters. The minimum atomic E-state index is -3.64. The van der Waals surface area contributed by atoms with Crippen LogP contribution in [0.1, 0.15) is 11.1 Å². The SMILES string of the molecule is CN(Cc1ccccc1)S(=O)(=O)c1ccc(OCC(=O)N2CCc3cc(Br)ccc32)cc1. The minimum absolute atomic E-state index is 0.116. The van der Waals surface area contributed by atoms with Crippen molar-refractivity contribution in [2.24, 2.45) is 0 Å². The lowest BCUT2D eigenvalue weighted by Crippen LogP contribution is -2.33. The van der Waals surface area contributed by atoms with E-state index in [1.54, 1.807) is 24.1 Å². The Balaban J connectivity index is 1.37. The molecule has 8 heteroatoms. The van der Waals surface area contributed by atoms with E-state index in [1.807, 2.05) is 48.5 Å². The van der Waals surface area contributed by atoms with Gasteiger partial charge in [-0.1, -0.05) is 46.3 Å². The second-order valence-electron chi connectivity index (χ2n) is 7.58. The monoisotopic (exact) mass is 514 g/mol. The molecule has 0 aromatic heterocycles. The molecule has 1 aliphatic rings. The first kappa shape index (κ1) is 22.5. The Morgan fingerprint density at radius 1 is 1.06 bits per heavy atom. The van der Waals surface area contributed by atoms with E-state index < -0.39 is 10.0 Å². The number of carbonyl (C=O) groups excluding carboxylic acids is 1. The lowest BCUT2D eigenvalue weighted by molar-refractivity contribution is -0.120. The summed E-state index contributed by atoms with van der Waals surface area (Å²) in [6, 6.07) is 21.4. The molecule has 0 aliphatic carbocycles. The fourth-order valence-corrected chi connectivity index (χ4v) is 5.23. The summed E-state index contributed by atoms with van der Waals surface area (Å²) in [6.07, 6.45) is 0.809. The Labute approximate surface area is 196 Å². The molecule has 32 heavy (non-hydrogen) atoms. The highest BCUT2D eigenvalue weighted by atomic mass is 79.9. The minimum Gasteiger partial charge on any atom is -0.484 e. The highest BCUT2D eigenvalue weighted by molar-refractivity contribution is 9.10. The third-order valence-corrected chi connectivity index (χ3v) is 7.69. The summed E-state index contributed by atoms with van der Waals surface area (Å²) >= 11 is 3.45. The van der Waals surface area contributed by atoms with Crippen LogP contribution in [0.15, 0.2) is 82.2 Å². The Hall–Kier alpha value is -2.68. The third kappa shape index (κ3) is 4.87. The van der Waals surface area contributed by atoms with E-state index in [4.69, 9.17) is 4.74 Å². The molecule has 1 amide bonds. The summed E-state index contributed by atoms with van der Waals surface area (Å²) in [6.45, 7) is 0.790. The van der Waals surface area contributed by atoms with Gasteiger partial charge in [0.25, 0.3) is 5.91 Å². The Kier molecular flexibility index (Phi) is 6.64. The first-order valence-corrected chi connectivity index (χ1v) is 12.4. The molecule has 0 unspecified atom stereocenters. The molecule has 0 fully saturated rings. The molecule has 4 rings (SSSR count). The smallest absolute Gasteiger partial charge is 0.264 e. The van der Waals surface area contributed by atoms with Gasteiger partial charge in [-0.15, -0.1) is 0 Å². The predicted molar refractivity (Wildman–Crippen MR) is 127 cm³/mol. The predicted octanol–water partition coefficient (Wildman–Crippen LogP) is 4.24. The van der Waals surface area contributed by atoms with Crippen molar-refractivity contribution in [2.75, 3.05) is 25.1 Å². The van der Waals surface area contributed by atoms with Gasteiger partial charge in [-0.3, -0.25) is 4.79 Å². The number of hydrogen-bond donors (Lipinski definition) is 0. The number of amides is 1. The zero-order chi connectivity index (χ0) is 22.7. The van der Waals surface area contributed by atoms with Crippen molar-refractivity contribution in [3.63, 3.8) is 0 Å². The molecule has 0 saturated carbocycles. The first-order valence-electron chi connectivity index (χ1n) is 10.2. The second-order valence-corrected chi connectivity index (χ2v) is 10.5. The van der Waals surface area contributed by atoms with Gasteiger partial charge in [0.15, 0.2) is 6.61 Å². The molecule has 0 saturated heterocycles. The molecular weight excluding hydrogens is 492 g/mol. The molecule has 0 bridgehead atoms. The zero-order valence-corrected chi connectivity index (χ0v) is 20.0. The Bertz CT molecular complexity index is 1210. The quantitative estimate of drug-likeness (QED) is 0.472. The lowest BCUT2D eigenvalue weighted by atomic mass is 10.2. The summed E-state index contributed by atoms with van der Waals surface area (Å²) in [5.74, 6) is 0.309. The second kappa shape index (κ2) is 9.44. The van der Waals surface area contributed by atoms with Gasteiger partial charge in [0.05, 0.1) is 4.90 Å². The van der Waals surface area contributed by atoms with Gasteiger partial charge < -0.3 is 9.64 Å². The fourth-order valence-electron chi connectivity index (χ4n) is 3.67. The summed E-state index contributed by atoms with van der Waals surface area (Å²) in [7, 11) is -2.08. The van der Waals surface area contributed by atoms with Crippen LogP contribution in [-0.2, 0) is 27.8 Å². The maximum Gasteiger partial charge on any atom is 0.264 e. The number of halogens is 1. The van der Waals surface area contributed by atoms with Gasteiger partial charge in [0.2, 0.25) is 10.0 Å². The topological polar surface area (TPSA) is 66.9 Å². The average Bonchev–Trinajstić information content (AvgIpc) is 3.21. The van der Waals surface area contributed by atoms with Gasteiger partial charge in [0.1, 0.15) is 5.75 Å². The van der Waals surface area contributed by atoms with Gasteiger partial charge in [-0.25, -0.2) is 8.42 Å². The van der Waals surface area contributed by atoms with E-state index in [2.05, 4.69) is 15.9 Å². The fraction of sp³-hybridized carbons (Fsp3) is 0.208. The maximum absolute atomic E-state index is 12.8. The highest BCUT2D eigenvalue weighted by Crippen LogP contribution is 2.30. The summed E-state index contributed by atoms with van der Waals surface area (Å²) in [5, 5.41) is 0. The molecule has 0 spiro atoms. The van der Waals surface area contributed by atoms with Crippen molar-refractivity contribution in [2.45, 2.75) is 17.9 Å². The summed E-state index contributed by atoms with van der Waals surface area (Å²) in [5.41, 5.74) is 2.94. The molecule has 0 radical (unpaired) electrons. The number of benzene rings is 3. The summed E-state index contributed by atoms with van der Waals surface area (Å²) in [4.78, 5) is 14.5. The Morgan fingerprint density at radius 2 is 1.78 bits per heavy atom. The number of fused-ring (bicyclic) bond motifs is 1. The largest absolute Gasteiger partial charge is 0.484 e. The number of hydrogen-bond acceptors (Lipinski definition) is 4. The lowest BCUT2D eigenvalue weighted by Gasteiger charge is -2.18. The molecular formula is C24H23BrN2O4S. The standard InChI is InChI=1S/C24H23BrN2O4S/c1-26(16-18-5-3-2-4-6-18)32(29,30)22-10-8-21(9-11-22)31-17-24(28)27-14-13-19-15-20(25)7-12-23(19)27/h2-12,15H,13-14,16-17H2,1H3. The average molecular weight is 515 g/mol. The van der Waals surface area contributed by atoms with Crippen molar-refractivity contribution in [3.8, 4) is 5.75 Å². The number of nitrogens with zero attached hydrogens (tertiary/aromatic N) is 2. The van der Waals surface area contributed by atoms with Crippen molar-refractivity contribution in [1.82, 2.24) is 4.31 Å². The van der Waals surface area contributed by atoms with Gasteiger partial charge in [0, 0.05) is 30.3 Å². The van der Waals surface area contributed by atoms with Crippen LogP contribution in [0.2, 0.25) is 0 Å². The van der Waals surface area contributed by atoms with Crippen molar-refractivity contribution < 1.29 is 17.9 Å². The van der Waals surface area contributed by atoms with Crippen molar-refractivity contribution >= 4 is 37.5 Å². The van der Waals surface area contributed by atoms with Gasteiger partial charge in [-0.05, 0) is 60.0 Å². The van der Waals surface area contributed by atoms with Crippen LogP contribution in [0.4, 0.5) is 5.69 Å². The Morgan fingerprint density at radius 3 is 2.50 bits per heavy atom. The number of anilines is 1. The molecule has 0 N–H and O–H groups in total. The highest BCUT2D eigenvalue weighted by Gasteiger charge is 2.25. The van der Waals surface area contributed by atoms with E-state index in [0.29, 0.717) is 12.3 Å². The van der Waals surface area contributed by atoms with Crippen LogP contribution in [0.25, 0.3) is 0 Å². The molecule has 3 aromatic carbocycles. The van der Waals surface area contributed by atoms with Gasteiger partial charge >= 0.3 is 0 Å². The van der Waals surface area contributed by atoms with Crippen LogP contribution in [0, 0.1) is 0 Å². The van der Waals surface area contributed by atoms with E-state index in [-0.39, 0.29) is 24.0 Å². The van der Waals surface area contributed by atoms with Crippen LogP contribution in [0.3, 0.4) is 0 Å². The van der Waals surface area contributed by atoms with Crippen molar-refractivity contribution in [3.05, 3.63) is 88.4 Å². The molecule has 1 aliphatic heterocycles. The van der Waals surface area contributed by atoms with Crippen molar-refractivity contribution in [1.29, 1.82) is 0 Å². The third-order valence-electron chi connectivity index (χ3n) is 5.38. The maximum atomic E-state index is 12.8. The first-order chi connectivity index (χ1) is 15.3. The van der Waals surface area contributed by atoms with Crippen LogP contribution < -0.4 is 9.64 Å². The number of rotatable bonds is 7. The summed E-state index contributed by atoms with van der Waals surface area (Å²) < 4.78 is 33.6. The van der Waals surface area contributed by atoms with E-state index in [1.165, 1.54) is 16.4 Å². The van der Waals surface area contributed by atoms with Crippen LogP contribution >= 0.6 is 15.9 Å². The molecule has 6 nitrogen and oxygen atoms in total. The molecule has 166 valence electrons. The van der Waals surface area contributed by atoms with E-state index in [9.17, 15) is 13.2 Å². The number of carbonyl (C=O) groups is 1. The van der Waals surface area contributed by atoms with Crippen LogP contribution in [0.5, 0.6) is 5.75 Å². The number of ether oxygens (including phenoxy) is 1. The molecule has 1 heterocycles. The van der Waals surface area contributed by atoms with Crippen LogP contribution in [-0.4, -0.2) is 38.8 Å². The van der Waals surface area contributed by atoms with Gasteiger partial charge in [-0.2, -0.15) is 4.31 Å². The van der Waals surface area contributed by atoms with E-state index >= 15 is 0 Å². The number of sulfonamides is 1. The molecule has 3 aromatic rings. The van der Waals surface area contributed by atoms with E-state index in [0.717, 1.165) is 27.7 Å².